The summed E-state index contributed by atoms with van der Waals surface area (Å²) in [6, 6.07) is 8.10. The van der Waals surface area contributed by atoms with Crippen molar-refractivity contribution in [1.82, 2.24) is 4.98 Å². The van der Waals surface area contributed by atoms with Crippen LogP contribution >= 0.6 is 11.3 Å². The summed E-state index contributed by atoms with van der Waals surface area (Å²) in [6.07, 6.45) is 1.87. The topological polar surface area (TPSA) is 48.7 Å². The molecule has 1 unspecified atom stereocenters. The van der Waals surface area contributed by atoms with Gasteiger partial charge in [-0.2, -0.15) is 5.26 Å². The summed E-state index contributed by atoms with van der Waals surface area (Å²) >= 11 is 1.68. The van der Waals surface area contributed by atoms with E-state index in [1.54, 1.807) is 11.3 Å². The maximum absolute atomic E-state index is 9.09. The molecule has 0 bridgehead atoms. The Labute approximate surface area is 111 Å². The molecule has 1 aromatic heterocycles. The summed E-state index contributed by atoms with van der Waals surface area (Å²) in [4.78, 5) is 5.56. The van der Waals surface area contributed by atoms with Crippen molar-refractivity contribution >= 4 is 17.0 Å². The second kappa shape index (κ2) is 5.19. The quantitative estimate of drug-likeness (QED) is 0.909. The molecular weight excluding hydrogens is 242 g/mol. The molecule has 1 N–H and O–H groups in total. The molecule has 0 aliphatic rings. The van der Waals surface area contributed by atoms with Crippen LogP contribution in [0.3, 0.4) is 0 Å². The average molecular weight is 257 g/mol. The van der Waals surface area contributed by atoms with Gasteiger partial charge in [0.1, 0.15) is 11.1 Å². The fraction of sp³-hybridized carbons (Fsp3) is 0.286. The van der Waals surface area contributed by atoms with Gasteiger partial charge < -0.3 is 5.32 Å². The normalized spacial score (nSPS) is 11.9. The molecule has 0 saturated carbocycles. The van der Waals surface area contributed by atoms with Gasteiger partial charge in [-0.05, 0) is 38.5 Å². The van der Waals surface area contributed by atoms with E-state index in [9.17, 15) is 0 Å². The third kappa shape index (κ3) is 2.69. The van der Waals surface area contributed by atoms with Crippen LogP contribution in [0.1, 0.15) is 34.0 Å². The summed E-state index contributed by atoms with van der Waals surface area (Å²) in [7, 11) is 0. The van der Waals surface area contributed by atoms with Gasteiger partial charge in [-0.1, -0.05) is 6.07 Å². The minimum atomic E-state index is 0.109. The summed E-state index contributed by atoms with van der Waals surface area (Å²) in [5.74, 6) is 0. The van der Waals surface area contributed by atoms with Gasteiger partial charge in [0.25, 0.3) is 0 Å². The number of nitrogens with zero attached hydrogens (tertiary/aromatic N) is 2. The molecule has 1 atom stereocenters. The summed E-state index contributed by atoms with van der Waals surface area (Å²) < 4.78 is 0. The zero-order chi connectivity index (χ0) is 13.1. The molecule has 3 nitrogen and oxygen atoms in total. The van der Waals surface area contributed by atoms with E-state index in [2.05, 4.69) is 23.3 Å². The molecule has 4 heteroatoms. The van der Waals surface area contributed by atoms with Crippen molar-refractivity contribution in [2.45, 2.75) is 26.8 Å². The fourth-order valence-corrected chi connectivity index (χ4v) is 2.52. The van der Waals surface area contributed by atoms with Crippen LogP contribution in [0.5, 0.6) is 0 Å². The monoisotopic (exact) mass is 257 g/mol. The number of aryl methyl sites for hydroxylation is 2. The minimum absolute atomic E-state index is 0.109. The van der Waals surface area contributed by atoms with Crippen LogP contribution in [-0.4, -0.2) is 4.98 Å². The second-order valence-electron chi connectivity index (χ2n) is 4.34. The third-order valence-corrected chi connectivity index (χ3v) is 3.77. The van der Waals surface area contributed by atoms with Crippen molar-refractivity contribution in [2.24, 2.45) is 0 Å². The van der Waals surface area contributed by atoms with Crippen LogP contribution in [0, 0.1) is 25.2 Å². The van der Waals surface area contributed by atoms with Gasteiger partial charge in [0.2, 0.25) is 0 Å². The molecule has 0 fully saturated rings. The number of anilines is 1. The van der Waals surface area contributed by atoms with Crippen molar-refractivity contribution in [2.75, 3.05) is 5.32 Å². The molecule has 1 heterocycles. The Morgan fingerprint density at radius 3 is 2.78 bits per heavy atom. The third-order valence-electron chi connectivity index (χ3n) is 2.68. The molecule has 0 spiro atoms. The predicted octanol–water partition coefficient (Wildman–Crippen LogP) is 3.80. The number of hydrogen-bond donors (Lipinski definition) is 1. The highest BCUT2D eigenvalue weighted by atomic mass is 32.1. The van der Waals surface area contributed by atoms with E-state index in [4.69, 9.17) is 5.26 Å². The molecule has 1 aromatic carbocycles. The number of nitrogens with one attached hydrogen (secondary N) is 1. The first-order valence-electron chi connectivity index (χ1n) is 5.80. The molecule has 0 aliphatic heterocycles. The smallest absolute Gasteiger partial charge is 0.115 e. The zero-order valence-corrected chi connectivity index (χ0v) is 11.5. The summed E-state index contributed by atoms with van der Waals surface area (Å²) in [5, 5.41) is 13.5. The molecule has 0 amide bonds. The van der Waals surface area contributed by atoms with Crippen LogP contribution in [0.15, 0.2) is 24.4 Å². The largest absolute Gasteiger partial charge is 0.375 e. The van der Waals surface area contributed by atoms with Crippen molar-refractivity contribution in [1.29, 1.82) is 5.26 Å². The molecule has 2 aromatic rings. The standard InChI is InChI=1S/C14H15N3S/c1-9-4-5-12(7-15)13(6-9)17-11(3)14-16-8-10(2)18-14/h4-6,8,11,17H,1-3H3. The van der Waals surface area contributed by atoms with Gasteiger partial charge >= 0.3 is 0 Å². The van der Waals surface area contributed by atoms with E-state index in [1.807, 2.05) is 38.2 Å². The number of rotatable bonds is 3. The van der Waals surface area contributed by atoms with E-state index in [0.29, 0.717) is 5.56 Å². The van der Waals surface area contributed by atoms with Crippen molar-refractivity contribution in [3.8, 4) is 6.07 Å². The van der Waals surface area contributed by atoms with E-state index < -0.39 is 0 Å². The molecule has 92 valence electrons. The fourth-order valence-electron chi connectivity index (χ4n) is 1.74. The lowest BCUT2D eigenvalue weighted by Gasteiger charge is -2.14. The average Bonchev–Trinajstić information content (AvgIpc) is 2.76. The second-order valence-corrected chi connectivity index (χ2v) is 5.60. The minimum Gasteiger partial charge on any atom is -0.375 e. The van der Waals surface area contributed by atoms with Gasteiger partial charge in [-0.25, -0.2) is 4.98 Å². The van der Waals surface area contributed by atoms with Crippen molar-refractivity contribution in [3.63, 3.8) is 0 Å². The highest BCUT2D eigenvalue weighted by Crippen LogP contribution is 2.25. The van der Waals surface area contributed by atoms with E-state index in [0.717, 1.165) is 16.3 Å². The van der Waals surface area contributed by atoms with Crippen molar-refractivity contribution < 1.29 is 0 Å². The highest BCUT2D eigenvalue weighted by Gasteiger charge is 2.11. The van der Waals surface area contributed by atoms with Gasteiger partial charge in [-0.3, -0.25) is 0 Å². The number of nitriles is 1. The van der Waals surface area contributed by atoms with Crippen LogP contribution in [-0.2, 0) is 0 Å². The number of thiazole rings is 1. The zero-order valence-electron chi connectivity index (χ0n) is 10.7. The number of hydrogen-bond acceptors (Lipinski definition) is 4. The lowest BCUT2D eigenvalue weighted by molar-refractivity contribution is 0.868. The van der Waals surface area contributed by atoms with Gasteiger partial charge in [-0.15, -0.1) is 11.3 Å². The first kappa shape index (κ1) is 12.6. The predicted molar refractivity (Wildman–Crippen MR) is 74.8 cm³/mol. The van der Waals surface area contributed by atoms with E-state index in [-0.39, 0.29) is 6.04 Å². The Bertz CT molecular complexity index is 595. The van der Waals surface area contributed by atoms with Crippen LogP contribution in [0.25, 0.3) is 0 Å². The molecule has 0 saturated heterocycles. The Balaban J connectivity index is 2.24. The first-order valence-corrected chi connectivity index (χ1v) is 6.61. The lowest BCUT2D eigenvalue weighted by Crippen LogP contribution is -2.07. The van der Waals surface area contributed by atoms with Crippen LogP contribution < -0.4 is 5.32 Å². The Hall–Kier alpha value is -1.86. The van der Waals surface area contributed by atoms with Crippen molar-refractivity contribution in [3.05, 3.63) is 45.4 Å². The molecule has 0 radical (unpaired) electrons. The van der Waals surface area contributed by atoms with Gasteiger partial charge in [0.05, 0.1) is 17.3 Å². The number of benzene rings is 1. The Kier molecular flexibility index (Phi) is 3.63. The van der Waals surface area contributed by atoms with Gasteiger partial charge in [0, 0.05) is 11.1 Å². The maximum Gasteiger partial charge on any atom is 0.115 e. The Morgan fingerprint density at radius 1 is 1.39 bits per heavy atom. The number of aromatic nitrogens is 1. The maximum atomic E-state index is 9.09. The SMILES string of the molecule is Cc1ccc(C#N)c(NC(C)c2ncc(C)s2)c1. The lowest BCUT2D eigenvalue weighted by atomic mass is 10.1. The summed E-state index contributed by atoms with van der Waals surface area (Å²) in [5.41, 5.74) is 2.68. The van der Waals surface area contributed by atoms with Crippen LogP contribution in [0.4, 0.5) is 5.69 Å². The molecule has 2 rings (SSSR count). The van der Waals surface area contributed by atoms with E-state index in [1.165, 1.54) is 4.88 Å². The van der Waals surface area contributed by atoms with Gasteiger partial charge in [0.15, 0.2) is 0 Å². The molecule has 0 aliphatic carbocycles. The Morgan fingerprint density at radius 2 is 2.17 bits per heavy atom. The highest BCUT2D eigenvalue weighted by molar-refractivity contribution is 7.11. The van der Waals surface area contributed by atoms with Crippen LogP contribution in [0.2, 0.25) is 0 Å². The molecular formula is C14H15N3S. The first-order chi connectivity index (χ1) is 8.60. The van der Waals surface area contributed by atoms with E-state index >= 15 is 0 Å². The molecule has 18 heavy (non-hydrogen) atoms. The summed E-state index contributed by atoms with van der Waals surface area (Å²) in [6.45, 7) is 6.12.